The van der Waals surface area contributed by atoms with Gasteiger partial charge in [0.05, 0.1) is 6.20 Å². The van der Waals surface area contributed by atoms with Gasteiger partial charge >= 0.3 is 12.0 Å². The van der Waals surface area contributed by atoms with Crippen molar-refractivity contribution in [3.63, 3.8) is 0 Å². The maximum absolute atomic E-state index is 11.7. The van der Waals surface area contributed by atoms with Gasteiger partial charge in [0.15, 0.2) is 6.04 Å². The van der Waals surface area contributed by atoms with E-state index in [2.05, 4.69) is 15.7 Å². The fourth-order valence-corrected chi connectivity index (χ4v) is 2.06. The molecule has 1 rings (SSSR count). The molecule has 0 radical (unpaired) electrons. The molecule has 0 aliphatic carbocycles. The van der Waals surface area contributed by atoms with Gasteiger partial charge < -0.3 is 15.7 Å². The predicted molar refractivity (Wildman–Crippen MR) is 78.3 cm³/mol. The number of hydrogen-bond acceptors (Lipinski definition) is 4. The molecule has 0 saturated heterocycles. The van der Waals surface area contributed by atoms with Crippen LogP contribution >= 0.6 is 0 Å². The van der Waals surface area contributed by atoms with Crippen LogP contribution in [0.25, 0.3) is 0 Å². The van der Waals surface area contributed by atoms with E-state index in [4.69, 9.17) is 5.11 Å². The lowest BCUT2D eigenvalue weighted by Gasteiger charge is -2.14. The molecule has 21 heavy (non-hydrogen) atoms. The summed E-state index contributed by atoms with van der Waals surface area (Å²) in [5, 5.41) is 17.9. The van der Waals surface area contributed by atoms with Gasteiger partial charge in [-0.1, -0.05) is 6.92 Å². The van der Waals surface area contributed by atoms with Crippen LogP contribution in [0.3, 0.4) is 0 Å². The Morgan fingerprint density at radius 1 is 1.52 bits per heavy atom. The molecule has 0 saturated carbocycles. The summed E-state index contributed by atoms with van der Waals surface area (Å²) < 4.78 is 12.6. The topological polar surface area (TPSA) is 113 Å². The Labute approximate surface area is 125 Å². The standard InChI is InChI=1S/C12H20N4O4S/c1-8(21(3)20)4-5-13-12(19)15-10(11(17)18)9-6-14-16(2)7-9/h6-8,10H,4-5H2,1-3H3,(H,17,18)(H2,13,15,19). The van der Waals surface area contributed by atoms with Crippen molar-refractivity contribution >= 4 is 22.8 Å². The normalized spacial score (nSPS) is 15.0. The van der Waals surface area contributed by atoms with Crippen molar-refractivity contribution in [2.45, 2.75) is 24.6 Å². The summed E-state index contributed by atoms with van der Waals surface area (Å²) in [7, 11) is 0.715. The molecule has 0 aliphatic heterocycles. The highest BCUT2D eigenvalue weighted by atomic mass is 32.2. The third-order valence-corrected chi connectivity index (χ3v) is 4.35. The smallest absolute Gasteiger partial charge is 0.331 e. The molecule has 118 valence electrons. The summed E-state index contributed by atoms with van der Waals surface area (Å²) in [4.78, 5) is 22.9. The Balaban J connectivity index is 2.51. The lowest BCUT2D eigenvalue weighted by Crippen LogP contribution is -2.41. The molecule has 1 aromatic heterocycles. The number of carbonyl (C=O) groups excluding carboxylic acids is 1. The zero-order valence-corrected chi connectivity index (χ0v) is 13.0. The molecule has 0 spiro atoms. The largest absolute Gasteiger partial charge is 0.479 e. The number of aliphatic carboxylic acids is 1. The monoisotopic (exact) mass is 316 g/mol. The highest BCUT2D eigenvalue weighted by Gasteiger charge is 2.23. The molecule has 1 aromatic rings. The lowest BCUT2D eigenvalue weighted by molar-refractivity contribution is -0.139. The minimum absolute atomic E-state index is 0.0288. The fourth-order valence-electron chi connectivity index (χ4n) is 1.61. The van der Waals surface area contributed by atoms with Gasteiger partial charge in [-0.25, -0.2) is 9.59 Å². The van der Waals surface area contributed by atoms with E-state index in [0.29, 0.717) is 18.5 Å². The summed E-state index contributed by atoms with van der Waals surface area (Å²) in [5.41, 5.74) is 0.392. The van der Waals surface area contributed by atoms with E-state index >= 15 is 0 Å². The van der Waals surface area contributed by atoms with Crippen LogP contribution in [-0.2, 0) is 22.6 Å². The number of aromatic nitrogens is 2. The molecule has 0 aliphatic rings. The van der Waals surface area contributed by atoms with Gasteiger partial charge in [0.1, 0.15) is 0 Å². The molecule has 3 unspecified atom stereocenters. The van der Waals surface area contributed by atoms with E-state index < -0.39 is 28.8 Å². The molecule has 1 heterocycles. The summed E-state index contributed by atoms with van der Waals surface area (Å²) >= 11 is 0. The van der Waals surface area contributed by atoms with Crippen molar-refractivity contribution in [3.05, 3.63) is 18.0 Å². The van der Waals surface area contributed by atoms with E-state index in [1.807, 2.05) is 6.92 Å². The Hall–Kier alpha value is -1.90. The molecular weight excluding hydrogens is 296 g/mol. The summed E-state index contributed by atoms with van der Waals surface area (Å²) in [5.74, 6) is -1.17. The maximum atomic E-state index is 11.7. The molecule has 8 nitrogen and oxygen atoms in total. The van der Waals surface area contributed by atoms with Gasteiger partial charge in [0.25, 0.3) is 0 Å². The van der Waals surface area contributed by atoms with Gasteiger partial charge in [-0.2, -0.15) is 5.10 Å². The van der Waals surface area contributed by atoms with Crippen molar-refractivity contribution in [2.75, 3.05) is 12.8 Å². The Morgan fingerprint density at radius 2 is 2.19 bits per heavy atom. The van der Waals surface area contributed by atoms with Crippen molar-refractivity contribution in [2.24, 2.45) is 7.05 Å². The van der Waals surface area contributed by atoms with Crippen LogP contribution in [-0.4, -0.2) is 49.1 Å². The number of carbonyl (C=O) groups is 2. The Bertz CT molecular complexity index is 531. The van der Waals surface area contributed by atoms with Crippen LogP contribution < -0.4 is 10.6 Å². The van der Waals surface area contributed by atoms with E-state index in [9.17, 15) is 13.8 Å². The number of carboxylic acids is 1. The minimum Gasteiger partial charge on any atom is -0.479 e. The average Bonchev–Trinajstić information content (AvgIpc) is 2.81. The summed E-state index contributed by atoms with van der Waals surface area (Å²) in [6.45, 7) is 2.15. The fraction of sp³-hybridized carbons (Fsp3) is 0.583. The number of carboxylic acid groups (broad SMARTS) is 1. The van der Waals surface area contributed by atoms with E-state index in [0.717, 1.165) is 0 Å². The first kappa shape index (κ1) is 17.2. The first-order valence-corrected chi connectivity index (χ1v) is 8.01. The van der Waals surface area contributed by atoms with Gasteiger partial charge in [-0.3, -0.25) is 8.89 Å². The second kappa shape index (κ2) is 7.77. The zero-order chi connectivity index (χ0) is 16.0. The van der Waals surface area contributed by atoms with E-state index in [1.54, 1.807) is 13.3 Å². The molecule has 9 heteroatoms. The molecule has 0 bridgehead atoms. The summed E-state index contributed by atoms with van der Waals surface area (Å²) in [6, 6.07) is -1.74. The lowest BCUT2D eigenvalue weighted by atomic mass is 10.1. The van der Waals surface area contributed by atoms with Gasteiger partial charge in [0.2, 0.25) is 0 Å². The van der Waals surface area contributed by atoms with Crippen LogP contribution in [0.2, 0.25) is 0 Å². The first-order chi connectivity index (χ1) is 9.81. The van der Waals surface area contributed by atoms with Crippen molar-refractivity contribution < 1.29 is 18.9 Å². The SMILES string of the molecule is CC(CCNC(=O)NC(C(=O)O)c1cnn(C)c1)S(C)=O. The second-order valence-corrected chi connectivity index (χ2v) is 6.52. The molecule has 3 atom stereocenters. The molecule has 2 amide bonds. The maximum Gasteiger partial charge on any atom is 0.331 e. The number of amides is 2. The van der Waals surface area contributed by atoms with Crippen molar-refractivity contribution in [3.8, 4) is 0 Å². The van der Waals surface area contributed by atoms with Crippen LogP contribution in [0.5, 0.6) is 0 Å². The van der Waals surface area contributed by atoms with Crippen molar-refractivity contribution in [1.82, 2.24) is 20.4 Å². The van der Waals surface area contributed by atoms with Crippen LogP contribution in [0.1, 0.15) is 24.9 Å². The number of nitrogens with one attached hydrogen (secondary N) is 2. The molecular formula is C12H20N4O4S. The van der Waals surface area contributed by atoms with Crippen LogP contribution in [0.15, 0.2) is 12.4 Å². The van der Waals surface area contributed by atoms with Crippen LogP contribution in [0, 0.1) is 0 Å². The molecule has 0 aromatic carbocycles. The van der Waals surface area contributed by atoms with Gasteiger partial charge in [0, 0.05) is 47.7 Å². The minimum atomic E-state index is -1.17. The van der Waals surface area contributed by atoms with Gasteiger partial charge in [-0.05, 0) is 6.42 Å². The summed E-state index contributed by atoms with van der Waals surface area (Å²) in [6.07, 6.45) is 5.08. The Kier molecular flexibility index (Phi) is 6.35. The number of aryl methyl sites for hydroxylation is 1. The van der Waals surface area contributed by atoms with E-state index in [-0.39, 0.29) is 5.25 Å². The number of nitrogens with zero attached hydrogens (tertiary/aromatic N) is 2. The number of hydrogen-bond donors (Lipinski definition) is 3. The quantitative estimate of drug-likeness (QED) is 0.655. The van der Waals surface area contributed by atoms with Gasteiger partial charge in [-0.15, -0.1) is 0 Å². The highest BCUT2D eigenvalue weighted by Crippen LogP contribution is 2.11. The first-order valence-electron chi connectivity index (χ1n) is 6.39. The molecule has 3 N–H and O–H groups in total. The third-order valence-electron chi connectivity index (χ3n) is 2.98. The number of urea groups is 1. The Morgan fingerprint density at radius 3 is 2.67 bits per heavy atom. The third kappa shape index (κ3) is 5.54. The highest BCUT2D eigenvalue weighted by molar-refractivity contribution is 7.84. The van der Waals surface area contributed by atoms with Crippen molar-refractivity contribution in [1.29, 1.82) is 0 Å². The van der Waals surface area contributed by atoms with E-state index in [1.165, 1.54) is 17.1 Å². The predicted octanol–water partition coefficient (Wildman–Crippen LogP) is 0.00210. The van der Waals surface area contributed by atoms with Crippen LogP contribution in [0.4, 0.5) is 4.79 Å². The number of rotatable bonds is 7. The average molecular weight is 316 g/mol. The second-order valence-electron chi connectivity index (χ2n) is 4.72. The zero-order valence-electron chi connectivity index (χ0n) is 12.2. The molecule has 0 fully saturated rings.